The first kappa shape index (κ1) is 16.3. The highest BCUT2D eigenvalue weighted by molar-refractivity contribution is 9.11. The van der Waals surface area contributed by atoms with Crippen molar-refractivity contribution in [2.24, 2.45) is 0 Å². The van der Waals surface area contributed by atoms with E-state index in [0.29, 0.717) is 5.02 Å². The minimum Gasteiger partial charge on any atom is -0.495 e. The van der Waals surface area contributed by atoms with Gasteiger partial charge >= 0.3 is 0 Å². The first-order valence-electron chi connectivity index (χ1n) is 5.87. The number of rotatable bonds is 3. The van der Waals surface area contributed by atoms with Crippen LogP contribution in [-0.4, -0.2) is 7.11 Å². The van der Waals surface area contributed by atoms with Gasteiger partial charge in [0.15, 0.2) is 0 Å². The molecule has 0 radical (unpaired) electrons. The van der Waals surface area contributed by atoms with Crippen LogP contribution in [0.2, 0.25) is 5.02 Å². The minimum absolute atomic E-state index is 0.00403. The third kappa shape index (κ3) is 3.41. The number of hydrogen-bond acceptors (Lipinski definition) is 1. The molecule has 2 aromatic rings. The SMILES string of the molecule is COc1c(Br)cc(Cl)cc1C(Br)c1ccc(C)c(Br)c1. The minimum atomic E-state index is 0.00403. The number of alkyl halides is 1. The molecule has 1 unspecified atom stereocenters. The van der Waals surface area contributed by atoms with Crippen molar-refractivity contribution in [3.8, 4) is 5.75 Å². The smallest absolute Gasteiger partial charge is 0.137 e. The second-order valence-corrected chi connectivity index (χ2v) is 7.44. The van der Waals surface area contributed by atoms with E-state index in [1.165, 1.54) is 5.56 Å². The lowest BCUT2D eigenvalue weighted by Gasteiger charge is -2.17. The van der Waals surface area contributed by atoms with Crippen molar-refractivity contribution in [3.05, 3.63) is 61.0 Å². The van der Waals surface area contributed by atoms with Crippen molar-refractivity contribution in [2.75, 3.05) is 7.11 Å². The molecular formula is C15H12Br3ClO. The third-order valence-electron chi connectivity index (χ3n) is 3.00. The summed E-state index contributed by atoms with van der Waals surface area (Å²) in [5.74, 6) is 0.785. The molecule has 0 spiro atoms. The van der Waals surface area contributed by atoms with E-state index < -0.39 is 0 Å². The number of halogens is 4. The van der Waals surface area contributed by atoms with Crippen molar-refractivity contribution in [2.45, 2.75) is 11.8 Å². The van der Waals surface area contributed by atoms with Gasteiger partial charge in [-0.25, -0.2) is 0 Å². The maximum Gasteiger partial charge on any atom is 0.137 e. The fourth-order valence-electron chi connectivity index (χ4n) is 1.93. The largest absolute Gasteiger partial charge is 0.495 e. The van der Waals surface area contributed by atoms with Crippen LogP contribution in [0.5, 0.6) is 5.75 Å². The summed E-state index contributed by atoms with van der Waals surface area (Å²) in [5, 5.41) is 0.670. The molecule has 0 saturated heterocycles. The van der Waals surface area contributed by atoms with E-state index in [2.05, 4.69) is 72.9 Å². The average molecular weight is 483 g/mol. The van der Waals surface area contributed by atoms with Gasteiger partial charge in [-0.3, -0.25) is 0 Å². The molecule has 0 aliphatic heterocycles. The average Bonchev–Trinajstić information content (AvgIpc) is 2.40. The highest BCUT2D eigenvalue weighted by atomic mass is 79.9. The van der Waals surface area contributed by atoms with E-state index in [1.807, 2.05) is 12.1 Å². The maximum atomic E-state index is 6.15. The number of benzene rings is 2. The maximum absolute atomic E-state index is 6.15. The van der Waals surface area contributed by atoms with E-state index in [9.17, 15) is 0 Å². The quantitative estimate of drug-likeness (QED) is 0.444. The van der Waals surface area contributed by atoms with Crippen LogP contribution in [0.15, 0.2) is 39.3 Å². The summed E-state index contributed by atoms with van der Waals surface area (Å²) in [7, 11) is 1.66. The van der Waals surface area contributed by atoms with Crippen molar-refractivity contribution in [1.82, 2.24) is 0 Å². The van der Waals surface area contributed by atoms with Crippen LogP contribution in [0, 0.1) is 6.92 Å². The molecule has 0 aliphatic carbocycles. The Labute approximate surface area is 149 Å². The lowest BCUT2D eigenvalue weighted by atomic mass is 10.0. The van der Waals surface area contributed by atoms with Crippen LogP contribution < -0.4 is 4.74 Å². The second-order valence-electron chi connectivity index (χ2n) is 4.38. The van der Waals surface area contributed by atoms with Gasteiger partial charge in [-0.1, -0.05) is 55.6 Å². The Hall–Kier alpha value is -0.0300. The van der Waals surface area contributed by atoms with Crippen molar-refractivity contribution < 1.29 is 4.74 Å². The normalized spacial score (nSPS) is 12.3. The summed E-state index contributed by atoms with van der Waals surface area (Å²) in [4.78, 5) is 0.00403. The van der Waals surface area contributed by atoms with Gasteiger partial charge in [0.1, 0.15) is 5.75 Å². The Bertz CT molecular complexity index is 643. The predicted molar refractivity (Wildman–Crippen MR) is 95.4 cm³/mol. The van der Waals surface area contributed by atoms with Crippen molar-refractivity contribution in [3.63, 3.8) is 0 Å². The predicted octanol–water partition coefficient (Wildman–Crippen LogP) is 6.67. The van der Waals surface area contributed by atoms with Gasteiger partial charge in [-0.2, -0.15) is 0 Å². The number of hydrogen-bond donors (Lipinski definition) is 0. The molecule has 1 nitrogen and oxygen atoms in total. The van der Waals surface area contributed by atoms with Gasteiger partial charge < -0.3 is 4.74 Å². The monoisotopic (exact) mass is 480 g/mol. The van der Waals surface area contributed by atoms with E-state index in [0.717, 1.165) is 25.8 Å². The number of methoxy groups -OCH3 is 1. The zero-order chi connectivity index (χ0) is 14.9. The van der Waals surface area contributed by atoms with E-state index >= 15 is 0 Å². The topological polar surface area (TPSA) is 9.23 Å². The Morgan fingerprint density at radius 2 is 1.80 bits per heavy atom. The van der Waals surface area contributed by atoms with Gasteiger partial charge in [0, 0.05) is 15.1 Å². The molecule has 1 atom stereocenters. The molecule has 0 N–H and O–H groups in total. The van der Waals surface area contributed by atoms with Crippen LogP contribution in [0.1, 0.15) is 21.5 Å². The number of ether oxygens (including phenoxy) is 1. The molecule has 0 heterocycles. The molecule has 0 saturated carbocycles. The molecule has 106 valence electrons. The van der Waals surface area contributed by atoms with Gasteiger partial charge in [0.05, 0.1) is 16.4 Å². The lowest BCUT2D eigenvalue weighted by Crippen LogP contribution is -1.98. The molecule has 0 aromatic heterocycles. The molecule has 2 aromatic carbocycles. The summed E-state index contributed by atoms with van der Waals surface area (Å²) in [6, 6.07) is 10.0. The Kier molecular flexibility index (Phi) is 5.57. The molecule has 0 bridgehead atoms. The first-order valence-corrected chi connectivity index (χ1v) is 8.75. The molecule has 0 aliphatic rings. The lowest BCUT2D eigenvalue weighted by molar-refractivity contribution is 0.408. The van der Waals surface area contributed by atoms with Crippen LogP contribution in [0.4, 0.5) is 0 Å². The van der Waals surface area contributed by atoms with E-state index in [-0.39, 0.29) is 4.83 Å². The molecule has 5 heteroatoms. The molecule has 0 fully saturated rings. The zero-order valence-electron chi connectivity index (χ0n) is 10.9. The zero-order valence-corrected chi connectivity index (χ0v) is 16.4. The fraction of sp³-hybridized carbons (Fsp3) is 0.200. The van der Waals surface area contributed by atoms with Crippen LogP contribution in [0.25, 0.3) is 0 Å². The van der Waals surface area contributed by atoms with Gasteiger partial charge in [0.2, 0.25) is 0 Å². The van der Waals surface area contributed by atoms with Crippen LogP contribution in [-0.2, 0) is 0 Å². The highest BCUT2D eigenvalue weighted by Gasteiger charge is 2.19. The molecular weight excluding hydrogens is 471 g/mol. The molecule has 20 heavy (non-hydrogen) atoms. The summed E-state index contributed by atoms with van der Waals surface area (Å²) in [6.45, 7) is 2.06. The van der Waals surface area contributed by atoms with Crippen molar-refractivity contribution in [1.29, 1.82) is 0 Å². The highest BCUT2D eigenvalue weighted by Crippen LogP contribution is 2.42. The summed E-state index contributed by atoms with van der Waals surface area (Å²) >= 11 is 16.9. The van der Waals surface area contributed by atoms with E-state index in [4.69, 9.17) is 16.3 Å². The van der Waals surface area contributed by atoms with Crippen LogP contribution >= 0.6 is 59.4 Å². The summed E-state index contributed by atoms with van der Waals surface area (Å²) in [6.07, 6.45) is 0. The Balaban J connectivity index is 2.52. The van der Waals surface area contributed by atoms with E-state index in [1.54, 1.807) is 7.11 Å². The standard InChI is InChI=1S/C15H12Br3ClO/c1-8-3-4-9(5-12(8)16)14(18)11-6-10(19)7-13(17)15(11)20-2/h3-7,14H,1-2H3. The fourth-order valence-corrected chi connectivity index (χ4v) is 3.95. The summed E-state index contributed by atoms with van der Waals surface area (Å²) < 4.78 is 7.41. The first-order chi connectivity index (χ1) is 9.43. The van der Waals surface area contributed by atoms with Gasteiger partial charge in [-0.05, 0) is 52.2 Å². The van der Waals surface area contributed by atoms with Gasteiger partial charge in [0.25, 0.3) is 0 Å². The van der Waals surface area contributed by atoms with Gasteiger partial charge in [-0.15, -0.1) is 0 Å². The summed E-state index contributed by atoms with van der Waals surface area (Å²) in [5.41, 5.74) is 3.32. The second kappa shape index (κ2) is 6.82. The Morgan fingerprint density at radius 1 is 1.10 bits per heavy atom. The molecule has 0 amide bonds. The molecule has 2 rings (SSSR count). The Morgan fingerprint density at radius 3 is 2.40 bits per heavy atom. The third-order valence-corrected chi connectivity index (χ3v) is 5.69. The number of aryl methyl sites for hydroxylation is 1. The van der Waals surface area contributed by atoms with Crippen LogP contribution in [0.3, 0.4) is 0 Å². The van der Waals surface area contributed by atoms with Crippen molar-refractivity contribution >= 4 is 59.4 Å².